The van der Waals surface area contributed by atoms with Crippen molar-refractivity contribution in [2.45, 2.75) is 40.7 Å². The molecule has 1 heteroatoms. The van der Waals surface area contributed by atoms with Gasteiger partial charge in [0.25, 0.3) is 0 Å². The van der Waals surface area contributed by atoms with E-state index < -0.39 is 0 Å². The lowest BCUT2D eigenvalue weighted by Gasteiger charge is -2.30. The van der Waals surface area contributed by atoms with Crippen molar-refractivity contribution >= 4 is 0 Å². The minimum atomic E-state index is 0.310. The Bertz CT molecular complexity index is 79.1. The van der Waals surface area contributed by atoms with Gasteiger partial charge < -0.3 is 5.73 Å². The van der Waals surface area contributed by atoms with E-state index in [0.717, 1.165) is 0 Å². The Hall–Kier alpha value is -0.0400. The van der Waals surface area contributed by atoms with E-state index in [9.17, 15) is 0 Å². The lowest BCUT2D eigenvalue weighted by molar-refractivity contribution is 0.230. The van der Waals surface area contributed by atoms with Crippen LogP contribution < -0.4 is 5.73 Å². The highest BCUT2D eigenvalue weighted by Gasteiger charge is 2.22. The van der Waals surface area contributed by atoms with Gasteiger partial charge in [-0.25, -0.2) is 0 Å². The molecule has 0 bridgehead atoms. The Labute approximate surface area is 58.6 Å². The molecule has 0 spiro atoms. The standard InChI is InChI=1S/C8H19N/c1-6(7(2)9)8(3,4)5/h6-7H,9H2,1-5H3. The largest absolute Gasteiger partial charge is 0.328 e. The first kappa shape index (κ1) is 8.96. The van der Waals surface area contributed by atoms with Gasteiger partial charge in [0.05, 0.1) is 0 Å². The van der Waals surface area contributed by atoms with E-state index >= 15 is 0 Å². The summed E-state index contributed by atoms with van der Waals surface area (Å²) in [5, 5.41) is 0. The fourth-order valence-corrected chi connectivity index (χ4v) is 0.789. The topological polar surface area (TPSA) is 26.0 Å². The molecular formula is C8H19N. The highest BCUT2D eigenvalue weighted by atomic mass is 14.6. The van der Waals surface area contributed by atoms with Crippen LogP contribution in [0.5, 0.6) is 0 Å². The van der Waals surface area contributed by atoms with Gasteiger partial charge in [0.1, 0.15) is 0 Å². The van der Waals surface area contributed by atoms with Gasteiger partial charge >= 0.3 is 0 Å². The average Bonchev–Trinajstić information content (AvgIpc) is 1.62. The lowest BCUT2D eigenvalue weighted by Crippen LogP contribution is -2.33. The molecule has 2 unspecified atom stereocenters. The Kier molecular flexibility index (Phi) is 2.68. The van der Waals surface area contributed by atoms with Crippen LogP contribution in [0.3, 0.4) is 0 Å². The molecule has 0 aliphatic heterocycles. The van der Waals surface area contributed by atoms with Gasteiger partial charge in [-0.1, -0.05) is 27.7 Å². The van der Waals surface area contributed by atoms with E-state index in [1.165, 1.54) is 0 Å². The minimum Gasteiger partial charge on any atom is -0.328 e. The maximum absolute atomic E-state index is 5.72. The van der Waals surface area contributed by atoms with Crippen LogP contribution in [-0.2, 0) is 0 Å². The SMILES string of the molecule is CC(N)C(C)C(C)(C)C. The average molecular weight is 129 g/mol. The quantitative estimate of drug-likeness (QED) is 0.576. The summed E-state index contributed by atoms with van der Waals surface area (Å²) < 4.78 is 0. The van der Waals surface area contributed by atoms with Crippen molar-refractivity contribution in [3.05, 3.63) is 0 Å². The summed E-state index contributed by atoms with van der Waals surface area (Å²) in [5.41, 5.74) is 6.08. The van der Waals surface area contributed by atoms with Crippen LogP contribution >= 0.6 is 0 Å². The molecule has 0 aromatic rings. The molecule has 0 saturated heterocycles. The van der Waals surface area contributed by atoms with Gasteiger partial charge in [0.2, 0.25) is 0 Å². The van der Waals surface area contributed by atoms with E-state index in [1.54, 1.807) is 0 Å². The Morgan fingerprint density at radius 3 is 1.44 bits per heavy atom. The van der Waals surface area contributed by atoms with E-state index in [-0.39, 0.29) is 0 Å². The highest BCUT2D eigenvalue weighted by molar-refractivity contribution is 4.75. The molecular weight excluding hydrogens is 110 g/mol. The smallest absolute Gasteiger partial charge is 0.00411 e. The summed E-state index contributed by atoms with van der Waals surface area (Å²) in [7, 11) is 0. The molecule has 1 nitrogen and oxygen atoms in total. The van der Waals surface area contributed by atoms with Crippen LogP contribution in [0, 0.1) is 11.3 Å². The molecule has 0 amide bonds. The molecule has 0 aliphatic carbocycles. The molecule has 2 N–H and O–H groups in total. The summed E-state index contributed by atoms with van der Waals surface area (Å²) in [6, 6.07) is 0.310. The molecule has 0 aliphatic rings. The Balaban J connectivity index is 3.88. The van der Waals surface area contributed by atoms with Crippen LogP contribution in [0.2, 0.25) is 0 Å². The van der Waals surface area contributed by atoms with Crippen LogP contribution in [-0.4, -0.2) is 6.04 Å². The predicted molar refractivity (Wildman–Crippen MR) is 42.3 cm³/mol. The molecule has 0 radical (unpaired) electrons. The molecule has 0 heterocycles. The van der Waals surface area contributed by atoms with Crippen molar-refractivity contribution in [2.75, 3.05) is 0 Å². The van der Waals surface area contributed by atoms with Crippen LogP contribution in [0.25, 0.3) is 0 Å². The normalized spacial score (nSPS) is 19.3. The number of nitrogens with two attached hydrogens (primary N) is 1. The third-order valence-electron chi connectivity index (χ3n) is 2.15. The van der Waals surface area contributed by atoms with Crippen molar-refractivity contribution in [3.8, 4) is 0 Å². The highest BCUT2D eigenvalue weighted by Crippen LogP contribution is 2.26. The van der Waals surface area contributed by atoms with Crippen molar-refractivity contribution in [3.63, 3.8) is 0 Å². The van der Waals surface area contributed by atoms with Crippen molar-refractivity contribution in [1.82, 2.24) is 0 Å². The number of hydrogen-bond donors (Lipinski definition) is 1. The number of hydrogen-bond acceptors (Lipinski definition) is 1. The Morgan fingerprint density at radius 2 is 1.44 bits per heavy atom. The molecule has 0 aromatic heterocycles. The summed E-state index contributed by atoms with van der Waals surface area (Å²) in [5.74, 6) is 0.595. The monoisotopic (exact) mass is 129 g/mol. The third-order valence-corrected chi connectivity index (χ3v) is 2.15. The first-order chi connectivity index (χ1) is 3.85. The zero-order valence-corrected chi connectivity index (χ0v) is 7.23. The first-order valence-corrected chi connectivity index (χ1v) is 3.61. The molecule has 2 atom stereocenters. The lowest BCUT2D eigenvalue weighted by atomic mass is 9.78. The summed E-state index contributed by atoms with van der Waals surface area (Å²) in [6.07, 6.45) is 0. The van der Waals surface area contributed by atoms with Gasteiger partial charge in [-0.2, -0.15) is 0 Å². The fourth-order valence-electron chi connectivity index (χ4n) is 0.789. The van der Waals surface area contributed by atoms with E-state index in [0.29, 0.717) is 17.4 Å². The second kappa shape index (κ2) is 2.70. The summed E-state index contributed by atoms with van der Waals surface area (Å²) in [6.45, 7) is 10.9. The Morgan fingerprint density at radius 1 is 1.11 bits per heavy atom. The van der Waals surface area contributed by atoms with Gasteiger partial charge in [-0.05, 0) is 18.3 Å². The molecule has 0 fully saturated rings. The molecule has 0 saturated carbocycles. The second-order valence-corrected chi connectivity index (χ2v) is 4.01. The van der Waals surface area contributed by atoms with E-state index in [4.69, 9.17) is 5.73 Å². The third kappa shape index (κ3) is 2.85. The van der Waals surface area contributed by atoms with Crippen molar-refractivity contribution in [2.24, 2.45) is 17.1 Å². The van der Waals surface area contributed by atoms with Crippen LogP contribution in [0.15, 0.2) is 0 Å². The maximum Gasteiger partial charge on any atom is 0.00411 e. The molecule has 9 heavy (non-hydrogen) atoms. The van der Waals surface area contributed by atoms with Gasteiger partial charge in [0.15, 0.2) is 0 Å². The van der Waals surface area contributed by atoms with E-state index in [2.05, 4.69) is 34.6 Å². The van der Waals surface area contributed by atoms with Gasteiger partial charge in [-0.15, -0.1) is 0 Å². The van der Waals surface area contributed by atoms with Gasteiger partial charge in [-0.3, -0.25) is 0 Å². The zero-order valence-electron chi connectivity index (χ0n) is 7.23. The zero-order chi connectivity index (χ0) is 7.65. The predicted octanol–water partition coefficient (Wildman–Crippen LogP) is 2.02. The van der Waals surface area contributed by atoms with Gasteiger partial charge in [0, 0.05) is 6.04 Å². The molecule has 0 rings (SSSR count). The van der Waals surface area contributed by atoms with E-state index in [1.807, 2.05) is 0 Å². The van der Waals surface area contributed by atoms with Crippen LogP contribution in [0.1, 0.15) is 34.6 Å². The summed E-state index contributed by atoms with van der Waals surface area (Å²) >= 11 is 0. The van der Waals surface area contributed by atoms with Crippen LogP contribution in [0.4, 0.5) is 0 Å². The first-order valence-electron chi connectivity index (χ1n) is 3.61. The second-order valence-electron chi connectivity index (χ2n) is 4.01. The number of rotatable bonds is 1. The fraction of sp³-hybridized carbons (Fsp3) is 1.00. The van der Waals surface area contributed by atoms with Crippen molar-refractivity contribution < 1.29 is 0 Å². The molecule has 0 aromatic carbocycles. The maximum atomic E-state index is 5.72. The summed E-state index contributed by atoms with van der Waals surface area (Å²) in [4.78, 5) is 0. The van der Waals surface area contributed by atoms with Crippen molar-refractivity contribution in [1.29, 1.82) is 0 Å². The minimum absolute atomic E-state index is 0.310. The molecule has 56 valence electrons.